The van der Waals surface area contributed by atoms with Crippen LogP contribution in [0.3, 0.4) is 0 Å². The van der Waals surface area contributed by atoms with Crippen LogP contribution in [-0.2, 0) is 27.4 Å². The third-order valence-electron chi connectivity index (χ3n) is 6.30. The third-order valence-corrected chi connectivity index (χ3v) is 7.44. The lowest BCUT2D eigenvalue weighted by atomic mass is 10.1. The molecule has 4 heterocycles. The summed E-state index contributed by atoms with van der Waals surface area (Å²) in [5, 5.41) is 12.8. The summed E-state index contributed by atoms with van der Waals surface area (Å²) >= 11 is 0. The summed E-state index contributed by atoms with van der Waals surface area (Å²) in [5.74, 6) is -0.199. The van der Waals surface area contributed by atoms with Crippen molar-refractivity contribution < 1.29 is 22.3 Å². The molecule has 196 valence electrons. The van der Waals surface area contributed by atoms with E-state index in [0.717, 1.165) is 36.6 Å². The van der Waals surface area contributed by atoms with Crippen LogP contribution in [0.15, 0.2) is 46.3 Å². The lowest BCUT2D eigenvalue weighted by Crippen LogP contribution is -2.26. The number of halogens is 1. The van der Waals surface area contributed by atoms with Gasteiger partial charge in [0.2, 0.25) is 0 Å². The van der Waals surface area contributed by atoms with Crippen LogP contribution in [0.1, 0.15) is 42.5 Å². The summed E-state index contributed by atoms with van der Waals surface area (Å²) in [7, 11) is -3.70. The molecule has 3 aromatic rings. The minimum Gasteiger partial charge on any atom is -0.487 e. The average Bonchev–Trinajstić information content (AvgIpc) is 3.26. The number of ether oxygens (including phenoxy) is 2. The molecule has 0 unspecified atom stereocenters. The standard InChI is InChI=1S/C27H26FN5O4S/c1-16-11-22-27(30-16)23(33-21-5-3-17(28)12-26(21)38(2,34)35)14-19(32-22)13-18-4-6-25(24(15-29)31-18)37-20-7-9-36-10-8-20/h3-6,12,14,20H,7-11,13H2,1-2H3,(H,32,33). The SMILES string of the molecule is CC1=Nc2c(Nc3ccc(F)cc3S(C)(=O)=O)cc(Cc3ccc(OC4CCOCC4)c(C#N)n3)nc2C1. The van der Waals surface area contributed by atoms with E-state index in [1.54, 1.807) is 18.2 Å². The van der Waals surface area contributed by atoms with Crippen molar-refractivity contribution in [2.75, 3.05) is 24.8 Å². The highest BCUT2D eigenvalue weighted by Gasteiger charge is 2.22. The number of nitriles is 1. The van der Waals surface area contributed by atoms with Crippen LogP contribution >= 0.6 is 0 Å². The lowest BCUT2D eigenvalue weighted by molar-refractivity contribution is 0.0253. The van der Waals surface area contributed by atoms with E-state index in [2.05, 4.69) is 21.4 Å². The molecule has 11 heteroatoms. The van der Waals surface area contributed by atoms with E-state index in [1.165, 1.54) is 12.1 Å². The minimum atomic E-state index is -3.70. The van der Waals surface area contributed by atoms with E-state index >= 15 is 0 Å². The van der Waals surface area contributed by atoms with Crippen LogP contribution in [0.4, 0.5) is 21.5 Å². The highest BCUT2D eigenvalue weighted by atomic mass is 32.2. The van der Waals surface area contributed by atoms with Gasteiger partial charge in [0.05, 0.1) is 35.2 Å². The van der Waals surface area contributed by atoms with Gasteiger partial charge in [-0.05, 0) is 43.3 Å². The van der Waals surface area contributed by atoms with Gasteiger partial charge in [-0.25, -0.2) is 17.8 Å². The summed E-state index contributed by atoms with van der Waals surface area (Å²) in [5.41, 5.74) is 4.52. The van der Waals surface area contributed by atoms with Gasteiger partial charge in [-0.15, -0.1) is 0 Å². The van der Waals surface area contributed by atoms with Gasteiger partial charge in [-0.1, -0.05) is 0 Å². The molecule has 1 aromatic carbocycles. The molecular weight excluding hydrogens is 509 g/mol. The first-order valence-corrected chi connectivity index (χ1v) is 14.1. The number of pyridine rings is 2. The maximum Gasteiger partial charge on any atom is 0.182 e. The van der Waals surface area contributed by atoms with Gasteiger partial charge >= 0.3 is 0 Å². The Labute approximate surface area is 220 Å². The van der Waals surface area contributed by atoms with Gasteiger partial charge in [0.25, 0.3) is 0 Å². The van der Waals surface area contributed by atoms with Crippen LogP contribution < -0.4 is 10.1 Å². The van der Waals surface area contributed by atoms with E-state index in [-0.39, 0.29) is 22.4 Å². The van der Waals surface area contributed by atoms with E-state index in [1.807, 2.05) is 6.92 Å². The molecular formula is C27H26FN5O4S. The quantitative estimate of drug-likeness (QED) is 0.471. The van der Waals surface area contributed by atoms with Crippen molar-refractivity contribution >= 4 is 32.6 Å². The monoisotopic (exact) mass is 535 g/mol. The van der Waals surface area contributed by atoms with E-state index in [0.29, 0.717) is 54.6 Å². The molecule has 0 atom stereocenters. The number of aromatic nitrogens is 2. The number of fused-ring (bicyclic) bond motifs is 1. The van der Waals surface area contributed by atoms with E-state index in [9.17, 15) is 18.1 Å². The Hall–Kier alpha value is -3.88. The van der Waals surface area contributed by atoms with Crippen molar-refractivity contribution in [3.63, 3.8) is 0 Å². The van der Waals surface area contributed by atoms with Gasteiger partial charge in [-0.3, -0.25) is 9.98 Å². The molecule has 38 heavy (non-hydrogen) atoms. The number of sulfone groups is 1. The number of benzene rings is 1. The third kappa shape index (κ3) is 5.66. The Balaban J connectivity index is 1.45. The zero-order chi connectivity index (χ0) is 26.9. The van der Waals surface area contributed by atoms with Crippen LogP contribution in [0, 0.1) is 17.1 Å². The fourth-order valence-electron chi connectivity index (χ4n) is 4.53. The van der Waals surface area contributed by atoms with Crippen molar-refractivity contribution in [2.24, 2.45) is 4.99 Å². The van der Waals surface area contributed by atoms with Crippen molar-refractivity contribution in [2.45, 2.75) is 43.6 Å². The number of hydrogen-bond donors (Lipinski definition) is 1. The maximum atomic E-state index is 13.8. The smallest absolute Gasteiger partial charge is 0.182 e. The molecule has 0 spiro atoms. The number of aliphatic imine (C=N–C) groups is 1. The second-order valence-corrected chi connectivity index (χ2v) is 11.4. The predicted molar refractivity (Wildman–Crippen MR) is 140 cm³/mol. The van der Waals surface area contributed by atoms with Crippen molar-refractivity contribution in [1.29, 1.82) is 5.26 Å². The lowest BCUT2D eigenvalue weighted by Gasteiger charge is -2.23. The highest BCUT2D eigenvalue weighted by Crippen LogP contribution is 2.38. The summed E-state index contributed by atoms with van der Waals surface area (Å²) in [6.07, 6.45) is 3.42. The Morgan fingerprint density at radius 2 is 1.92 bits per heavy atom. The van der Waals surface area contributed by atoms with Crippen molar-refractivity contribution in [3.05, 3.63) is 65.0 Å². The van der Waals surface area contributed by atoms with Gasteiger partial charge in [-0.2, -0.15) is 5.26 Å². The molecule has 1 N–H and O–H groups in total. The van der Waals surface area contributed by atoms with Gasteiger partial charge in [0.15, 0.2) is 21.3 Å². The van der Waals surface area contributed by atoms with Crippen molar-refractivity contribution in [3.8, 4) is 11.8 Å². The number of anilines is 2. The summed E-state index contributed by atoms with van der Waals surface area (Å²) < 4.78 is 49.8. The fourth-order valence-corrected chi connectivity index (χ4v) is 5.37. The summed E-state index contributed by atoms with van der Waals surface area (Å²) in [4.78, 5) is 13.7. The highest BCUT2D eigenvalue weighted by molar-refractivity contribution is 7.90. The normalized spacial score (nSPS) is 15.5. The summed E-state index contributed by atoms with van der Waals surface area (Å²) in [6.45, 7) is 3.15. The molecule has 9 nitrogen and oxygen atoms in total. The average molecular weight is 536 g/mol. The number of nitrogens with zero attached hydrogens (tertiary/aromatic N) is 4. The molecule has 0 amide bonds. The molecule has 1 saturated heterocycles. The van der Waals surface area contributed by atoms with Gasteiger partial charge in [0.1, 0.15) is 23.7 Å². The molecule has 2 aliphatic heterocycles. The molecule has 0 aliphatic carbocycles. The molecule has 0 radical (unpaired) electrons. The number of rotatable bonds is 7. The van der Waals surface area contributed by atoms with Gasteiger partial charge < -0.3 is 14.8 Å². The second-order valence-electron chi connectivity index (χ2n) is 9.39. The maximum absolute atomic E-state index is 13.8. The zero-order valence-electron chi connectivity index (χ0n) is 21.0. The van der Waals surface area contributed by atoms with Crippen LogP contribution in [0.2, 0.25) is 0 Å². The minimum absolute atomic E-state index is 0.0120. The largest absolute Gasteiger partial charge is 0.487 e. The van der Waals surface area contributed by atoms with Crippen LogP contribution in [-0.4, -0.2) is 49.7 Å². The van der Waals surface area contributed by atoms with E-state index in [4.69, 9.17) is 14.5 Å². The van der Waals surface area contributed by atoms with Crippen LogP contribution in [0.25, 0.3) is 0 Å². The van der Waals surface area contributed by atoms with E-state index < -0.39 is 15.7 Å². The molecule has 2 aliphatic rings. The topological polar surface area (TPSA) is 127 Å². The molecule has 5 rings (SSSR count). The first kappa shape index (κ1) is 25.8. The summed E-state index contributed by atoms with van der Waals surface area (Å²) in [6, 6.07) is 11.0. The predicted octanol–water partition coefficient (Wildman–Crippen LogP) is 4.43. The Morgan fingerprint density at radius 1 is 1.13 bits per heavy atom. The van der Waals surface area contributed by atoms with Crippen LogP contribution in [0.5, 0.6) is 5.75 Å². The number of nitrogens with one attached hydrogen (secondary N) is 1. The Kier molecular flexibility index (Phi) is 7.10. The molecule has 0 bridgehead atoms. The fraction of sp³-hybridized carbons (Fsp3) is 0.333. The molecule has 2 aromatic heterocycles. The first-order valence-electron chi connectivity index (χ1n) is 12.2. The molecule has 1 fully saturated rings. The Bertz CT molecular complexity index is 1580. The second kappa shape index (κ2) is 10.5. The number of hydrogen-bond acceptors (Lipinski definition) is 9. The zero-order valence-corrected chi connectivity index (χ0v) is 21.8. The Morgan fingerprint density at radius 3 is 2.66 bits per heavy atom. The van der Waals surface area contributed by atoms with Gasteiger partial charge in [0, 0.05) is 49.0 Å². The van der Waals surface area contributed by atoms with Crippen molar-refractivity contribution in [1.82, 2.24) is 9.97 Å². The molecule has 0 saturated carbocycles. The first-order chi connectivity index (χ1) is 18.2.